The van der Waals surface area contributed by atoms with Crippen LogP contribution in [0.3, 0.4) is 0 Å². The standard InChI is InChI=1S/C14H26N4O3/c1-11-14(15)12(2)18(16-11)10-13(19)17(7-9-21-4)6-5-8-20-3/h5-10,15H2,1-4H3. The number of carbonyl (C=O) groups excluding carboxylic acids is 1. The molecule has 0 aliphatic rings. The molecule has 7 heteroatoms. The smallest absolute Gasteiger partial charge is 0.244 e. The number of amides is 1. The van der Waals surface area contributed by atoms with Crippen molar-refractivity contribution in [1.29, 1.82) is 0 Å². The van der Waals surface area contributed by atoms with E-state index in [0.29, 0.717) is 32.0 Å². The van der Waals surface area contributed by atoms with Crippen molar-refractivity contribution in [2.75, 3.05) is 46.3 Å². The fourth-order valence-corrected chi connectivity index (χ4v) is 2.06. The summed E-state index contributed by atoms with van der Waals surface area (Å²) in [6, 6.07) is 0. The highest BCUT2D eigenvalue weighted by molar-refractivity contribution is 5.76. The van der Waals surface area contributed by atoms with E-state index in [0.717, 1.165) is 17.8 Å². The molecule has 120 valence electrons. The molecular weight excluding hydrogens is 272 g/mol. The second-order valence-electron chi connectivity index (χ2n) is 4.96. The molecule has 0 bridgehead atoms. The first kappa shape index (κ1) is 17.5. The van der Waals surface area contributed by atoms with Crippen LogP contribution in [0.25, 0.3) is 0 Å². The number of nitrogens with two attached hydrogens (primary N) is 1. The van der Waals surface area contributed by atoms with Crippen LogP contribution in [0.4, 0.5) is 5.69 Å². The van der Waals surface area contributed by atoms with Gasteiger partial charge in [0.1, 0.15) is 6.54 Å². The number of rotatable bonds is 9. The molecule has 1 amide bonds. The van der Waals surface area contributed by atoms with E-state index >= 15 is 0 Å². The molecule has 2 N–H and O–H groups in total. The first-order valence-electron chi connectivity index (χ1n) is 7.06. The molecule has 0 aromatic carbocycles. The van der Waals surface area contributed by atoms with Gasteiger partial charge in [-0.1, -0.05) is 0 Å². The van der Waals surface area contributed by atoms with Gasteiger partial charge in [0.2, 0.25) is 5.91 Å². The Hall–Kier alpha value is -1.60. The first-order valence-corrected chi connectivity index (χ1v) is 7.06. The molecule has 7 nitrogen and oxygen atoms in total. The van der Waals surface area contributed by atoms with Gasteiger partial charge in [0.15, 0.2) is 0 Å². The van der Waals surface area contributed by atoms with Gasteiger partial charge in [-0.05, 0) is 20.3 Å². The van der Waals surface area contributed by atoms with Crippen LogP contribution in [0, 0.1) is 13.8 Å². The van der Waals surface area contributed by atoms with Crippen LogP contribution in [-0.4, -0.2) is 61.1 Å². The predicted molar refractivity (Wildman–Crippen MR) is 81.1 cm³/mol. The van der Waals surface area contributed by atoms with Crippen LogP contribution in [0.1, 0.15) is 17.8 Å². The highest BCUT2D eigenvalue weighted by Gasteiger charge is 2.16. The third kappa shape index (κ3) is 5.02. The number of ether oxygens (including phenoxy) is 2. The maximum atomic E-state index is 12.4. The van der Waals surface area contributed by atoms with Crippen molar-refractivity contribution in [3.05, 3.63) is 11.4 Å². The van der Waals surface area contributed by atoms with Gasteiger partial charge in [0.25, 0.3) is 0 Å². The van der Waals surface area contributed by atoms with Crippen LogP contribution < -0.4 is 5.73 Å². The number of hydrogen-bond acceptors (Lipinski definition) is 5. The third-order valence-corrected chi connectivity index (χ3v) is 3.42. The molecule has 0 aliphatic carbocycles. The number of hydrogen-bond donors (Lipinski definition) is 1. The van der Waals surface area contributed by atoms with Gasteiger partial charge in [0.05, 0.1) is 23.7 Å². The van der Waals surface area contributed by atoms with Crippen LogP contribution >= 0.6 is 0 Å². The Bertz CT molecular complexity index is 459. The zero-order valence-corrected chi connectivity index (χ0v) is 13.4. The summed E-state index contributed by atoms with van der Waals surface area (Å²) in [5.74, 6) is 0.00810. The molecule has 1 aromatic heterocycles. The van der Waals surface area contributed by atoms with Crippen molar-refractivity contribution < 1.29 is 14.3 Å². The Morgan fingerprint density at radius 1 is 1.24 bits per heavy atom. The van der Waals surface area contributed by atoms with Crippen molar-refractivity contribution in [2.24, 2.45) is 0 Å². The summed E-state index contributed by atoms with van der Waals surface area (Å²) >= 11 is 0. The second-order valence-corrected chi connectivity index (χ2v) is 4.96. The molecule has 1 rings (SSSR count). The third-order valence-electron chi connectivity index (χ3n) is 3.42. The lowest BCUT2D eigenvalue weighted by Crippen LogP contribution is -2.37. The van der Waals surface area contributed by atoms with Crippen LogP contribution in [-0.2, 0) is 20.8 Å². The van der Waals surface area contributed by atoms with Crippen molar-refractivity contribution in [1.82, 2.24) is 14.7 Å². The van der Waals surface area contributed by atoms with Gasteiger partial charge in [-0.15, -0.1) is 0 Å². The normalized spacial score (nSPS) is 10.9. The predicted octanol–water partition coefficient (Wildman–Crippen LogP) is 0.594. The summed E-state index contributed by atoms with van der Waals surface area (Å²) in [5, 5.41) is 4.30. The number of nitrogen functional groups attached to an aromatic ring is 1. The van der Waals surface area contributed by atoms with E-state index < -0.39 is 0 Å². The maximum Gasteiger partial charge on any atom is 0.244 e. The molecule has 0 unspecified atom stereocenters. The van der Waals surface area contributed by atoms with E-state index in [1.54, 1.807) is 23.8 Å². The Balaban J connectivity index is 2.67. The minimum atomic E-state index is 0.00810. The summed E-state index contributed by atoms with van der Waals surface area (Å²) in [7, 11) is 3.28. The van der Waals surface area contributed by atoms with Gasteiger partial charge in [-0.2, -0.15) is 5.10 Å². The van der Waals surface area contributed by atoms with E-state index in [9.17, 15) is 4.79 Å². The lowest BCUT2D eigenvalue weighted by atomic mass is 10.3. The lowest BCUT2D eigenvalue weighted by Gasteiger charge is -2.22. The van der Waals surface area contributed by atoms with Crippen molar-refractivity contribution in [2.45, 2.75) is 26.8 Å². The average Bonchev–Trinajstić information content (AvgIpc) is 2.70. The van der Waals surface area contributed by atoms with E-state index in [2.05, 4.69) is 5.10 Å². The zero-order chi connectivity index (χ0) is 15.8. The first-order chi connectivity index (χ1) is 10.0. The number of nitrogens with zero attached hydrogens (tertiary/aromatic N) is 3. The van der Waals surface area contributed by atoms with E-state index in [4.69, 9.17) is 15.2 Å². The van der Waals surface area contributed by atoms with Crippen molar-refractivity contribution >= 4 is 11.6 Å². The SMILES string of the molecule is COCCCN(CCOC)C(=O)Cn1nc(C)c(N)c1C. The van der Waals surface area contributed by atoms with Crippen LogP contribution in [0.15, 0.2) is 0 Å². The molecule has 1 heterocycles. The fraction of sp³-hybridized carbons (Fsp3) is 0.714. The molecule has 0 spiro atoms. The number of carbonyl (C=O) groups is 1. The monoisotopic (exact) mass is 298 g/mol. The molecule has 0 saturated heterocycles. The maximum absolute atomic E-state index is 12.4. The number of aryl methyl sites for hydroxylation is 1. The van der Waals surface area contributed by atoms with Gasteiger partial charge in [-0.3, -0.25) is 9.48 Å². The van der Waals surface area contributed by atoms with E-state index in [1.165, 1.54) is 0 Å². The minimum Gasteiger partial charge on any atom is -0.396 e. The Kier molecular flexibility index (Phi) is 7.18. The van der Waals surface area contributed by atoms with Gasteiger partial charge >= 0.3 is 0 Å². The molecule has 0 fully saturated rings. The Labute approximate surface area is 126 Å². The molecule has 0 atom stereocenters. The van der Waals surface area contributed by atoms with E-state index in [-0.39, 0.29) is 12.5 Å². The fourth-order valence-electron chi connectivity index (χ4n) is 2.06. The number of anilines is 1. The summed E-state index contributed by atoms with van der Waals surface area (Å²) in [6.07, 6.45) is 0.797. The second kappa shape index (κ2) is 8.63. The van der Waals surface area contributed by atoms with E-state index in [1.807, 2.05) is 13.8 Å². The topological polar surface area (TPSA) is 82.6 Å². The minimum absolute atomic E-state index is 0.00810. The molecule has 0 saturated carbocycles. The number of methoxy groups -OCH3 is 2. The Morgan fingerprint density at radius 3 is 2.43 bits per heavy atom. The largest absolute Gasteiger partial charge is 0.396 e. The molecule has 0 aliphatic heterocycles. The quantitative estimate of drug-likeness (QED) is 0.675. The molecular formula is C14H26N4O3. The lowest BCUT2D eigenvalue weighted by molar-refractivity contribution is -0.132. The Morgan fingerprint density at radius 2 is 1.90 bits per heavy atom. The van der Waals surface area contributed by atoms with Crippen LogP contribution in [0.5, 0.6) is 0 Å². The average molecular weight is 298 g/mol. The van der Waals surface area contributed by atoms with Crippen molar-refractivity contribution in [3.8, 4) is 0 Å². The molecule has 21 heavy (non-hydrogen) atoms. The number of aromatic nitrogens is 2. The molecule has 1 aromatic rings. The highest BCUT2D eigenvalue weighted by atomic mass is 16.5. The van der Waals surface area contributed by atoms with Gasteiger partial charge in [0, 0.05) is 33.9 Å². The molecule has 0 radical (unpaired) electrons. The summed E-state index contributed by atoms with van der Waals surface area (Å²) < 4.78 is 11.7. The highest BCUT2D eigenvalue weighted by Crippen LogP contribution is 2.14. The summed E-state index contributed by atoms with van der Waals surface area (Å²) in [4.78, 5) is 14.2. The van der Waals surface area contributed by atoms with Gasteiger partial charge in [-0.25, -0.2) is 0 Å². The van der Waals surface area contributed by atoms with Gasteiger partial charge < -0.3 is 20.1 Å². The summed E-state index contributed by atoms with van der Waals surface area (Å²) in [6.45, 7) is 6.25. The van der Waals surface area contributed by atoms with Crippen LogP contribution in [0.2, 0.25) is 0 Å². The zero-order valence-electron chi connectivity index (χ0n) is 13.4. The van der Waals surface area contributed by atoms with Crippen molar-refractivity contribution in [3.63, 3.8) is 0 Å². The summed E-state index contributed by atoms with van der Waals surface area (Å²) in [5.41, 5.74) is 8.11.